The number of fused-ring (bicyclic) bond motifs is 1. The van der Waals surface area contributed by atoms with Crippen molar-refractivity contribution in [2.45, 2.75) is 13.8 Å². The predicted octanol–water partition coefficient (Wildman–Crippen LogP) is 5.47. The van der Waals surface area contributed by atoms with Crippen LogP contribution < -0.4 is 0 Å². The Hall–Kier alpha value is -2.10. The van der Waals surface area contributed by atoms with Gasteiger partial charge in [-0.1, -0.05) is 0 Å². The number of aromatic amines is 1. The van der Waals surface area contributed by atoms with Crippen LogP contribution in [0.2, 0.25) is 0 Å². The first kappa shape index (κ1) is 16.7. The molecule has 0 aliphatic rings. The zero-order chi connectivity index (χ0) is 17.4. The Bertz CT molecular complexity index is 967. The molecule has 0 atom stereocenters. The molecule has 0 aliphatic carbocycles. The van der Waals surface area contributed by atoms with Crippen LogP contribution >= 0.6 is 31.9 Å². The number of H-pyrrole nitrogens is 1. The smallest absolute Gasteiger partial charge is 0.149 e. The van der Waals surface area contributed by atoms with E-state index in [1.807, 2.05) is 26.0 Å². The van der Waals surface area contributed by atoms with Gasteiger partial charge in [0, 0.05) is 0 Å². The topological polar surface area (TPSA) is 72.7 Å². The molecular formula is C18H13Br2N3O. The number of imidazole rings is 1. The first-order chi connectivity index (χ1) is 11.4. The number of nitrogens with one attached hydrogen (secondary N) is 1. The van der Waals surface area contributed by atoms with Gasteiger partial charge in [-0.05, 0) is 92.7 Å². The minimum atomic E-state index is 0.125. The molecular weight excluding hydrogens is 434 g/mol. The van der Waals surface area contributed by atoms with E-state index in [0.29, 0.717) is 20.3 Å². The zero-order valence-electron chi connectivity index (χ0n) is 13.0. The van der Waals surface area contributed by atoms with Crippen molar-refractivity contribution in [1.82, 2.24) is 9.97 Å². The number of rotatable bonds is 2. The summed E-state index contributed by atoms with van der Waals surface area (Å²) < 4.78 is 1.10. The molecule has 1 aromatic heterocycles. The number of aromatic nitrogens is 2. The Labute approximate surface area is 156 Å². The van der Waals surface area contributed by atoms with Gasteiger partial charge < -0.3 is 10.1 Å². The van der Waals surface area contributed by atoms with E-state index in [9.17, 15) is 10.4 Å². The van der Waals surface area contributed by atoms with Gasteiger partial charge in [0.05, 0.1) is 25.6 Å². The lowest BCUT2D eigenvalue weighted by molar-refractivity contribution is 0.468. The van der Waals surface area contributed by atoms with E-state index in [1.165, 1.54) is 5.56 Å². The lowest BCUT2D eigenvalue weighted by atomic mass is 10.1. The number of aromatic hydroxyl groups is 1. The number of hydrogen-bond acceptors (Lipinski definition) is 3. The maximum atomic E-state index is 9.79. The molecule has 0 spiro atoms. The van der Waals surface area contributed by atoms with Gasteiger partial charge in [-0.3, -0.25) is 0 Å². The molecule has 0 amide bonds. The Morgan fingerprint density at radius 3 is 2.42 bits per heavy atom. The van der Waals surface area contributed by atoms with Crippen molar-refractivity contribution in [3.8, 4) is 11.8 Å². The number of halogens is 2. The number of phenols is 1. The Kier molecular flexibility index (Phi) is 4.48. The molecule has 24 heavy (non-hydrogen) atoms. The summed E-state index contributed by atoms with van der Waals surface area (Å²) in [7, 11) is 0. The number of aryl methyl sites for hydroxylation is 2. The van der Waals surface area contributed by atoms with Crippen LogP contribution in [0.15, 0.2) is 33.2 Å². The molecule has 2 N–H and O–H groups in total. The SMILES string of the molecule is Cc1cc2nc(/C(C#N)=C\c3cc(Br)c(O)c(Br)c3)[nH]c2cc1C. The molecule has 0 saturated carbocycles. The van der Waals surface area contributed by atoms with Crippen molar-refractivity contribution in [2.75, 3.05) is 0 Å². The molecule has 0 saturated heterocycles. The van der Waals surface area contributed by atoms with Crippen molar-refractivity contribution in [2.24, 2.45) is 0 Å². The standard InChI is InChI=1S/C18H13Br2N3O/c1-9-3-15-16(4-10(9)2)23-18(22-15)12(8-21)5-11-6-13(19)17(24)14(20)7-11/h3-7,24H,1-2H3,(H,22,23)/b12-5-. The summed E-state index contributed by atoms with van der Waals surface area (Å²) in [5.41, 5.74) is 5.27. The van der Waals surface area contributed by atoms with E-state index in [-0.39, 0.29) is 5.75 Å². The monoisotopic (exact) mass is 445 g/mol. The Morgan fingerprint density at radius 1 is 1.17 bits per heavy atom. The van der Waals surface area contributed by atoms with Crippen LogP contribution in [0, 0.1) is 25.2 Å². The van der Waals surface area contributed by atoms with Crippen LogP contribution in [-0.4, -0.2) is 15.1 Å². The summed E-state index contributed by atoms with van der Waals surface area (Å²) >= 11 is 6.59. The van der Waals surface area contributed by atoms with Gasteiger partial charge in [0.15, 0.2) is 0 Å². The summed E-state index contributed by atoms with van der Waals surface area (Å²) in [4.78, 5) is 7.73. The fourth-order valence-electron chi connectivity index (χ4n) is 2.39. The fraction of sp³-hybridized carbons (Fsp3) is 0.111. The molecule has 2 aromatic carbocycles. The van der Waals surface area contributed by atoms with Gasteiger partial charge in [-0.25, -0.2) is 4.98 Å². The van der Waals surface area contributed by atoms with Crippen LogP contribution in [0.1, 0.15) is 22.5 Å². The van der Waals surface area contributed by atoms with E-state index < -0.39 is 0 Å². The first-order valence-corrected chi connectivity index (χ1v) is 8.75. The molecule has 1 heterocycles. The van der Waals surface area contributed by atoms with Crippen molar-refractivity contribution in [3.05, 3.63) is 55.7 Å². The predicted molar refractivity (Wildman–Crippen MR) is 103 cm³/mol. The molecule has 0 aliphatic heterocycles. The molecule has 4 nitrogen and oxygen atoms in total. The van der Waals surface area contributed by atoms with Crippen molar-refractivity contribution in [3.63, 3.8) is 0 Å². The van der Waals surface area contributed by atoms with E-state index in [4.69, 9.17) is 0 Å². The lowest BCUT2D eigenvalue weighted by Gasteiger charge is -2.03. The van der Waals surface area contributed by atoms with Gasteiger partial charge >= 0.3 is 0 Å². The molecule has 0 unspecified atom stereocenters. The van der Waals surface area contributed by atoms with E-state index in [2.05, 4.69) is 47.9 Å². The van der Waals surface area contributed by atoms with E-state index >= 15 is 0 Å². The zero-order valence-corrected chi connectivity index (χ0v) is 16.2. The minimum absolute atomic E-state index is 0.125. The number of phenolic OH excluding ortho intramolecular Hbond substituents is 1. The minimum Gasteiger partial charge on any atom is -0.506 e. The highest BCUT2D eigenvalue weighted by molar-refractivity contribution is 9.11. The molecule has 0 fully saturated rings. The fourth-order valence-corrected chi connectivity index (χ4v) is 3.61. The Morgan fingerprint density at radius 2 is 1.79 bits per heavy atom. The third-order valence-corrected chi connectivity index (χ3v) is 5.03. The van der Waals surface area contributed by atoms with Gasteiger partial charge in [0.25, 0.3) is 0 Å². The maximum absolute atomic E-state index is 9.79. The van der Waals surface area contributed by atoms with Crippen molar-refractivity contribution in [1.29, 1.82) is 5.26 Å². The lowest BCUT2D eigenvalue weighted by Crippen LogP contribution is -1.85. The number of hydrogen-bond donors (Lipinski definition) is 2. The number of nitriles is 1. The van der Waals surface area contributed by atoms with Crippen molar-refractivity contribution < 1.29 is 5.11 Å². The summed E-state index contributed by atoms with van der Waals surface area (Å²) in [6, 6.07) is 9.71. The second kappa shape index (κ2) is 6.42. The third-order valence-electron chi connectivity index (χ3n) is 3.82. The molecule has 0 bridgehead atoms. The number of benzene rings is 2. The quantitative estimate of drug-likeness (QED) is 0.512. The Balaban J connectivity index is 2.11. The molecule has 3 aromatic rings. The summed E-state index contributed by atoms with van der Waals surface area (Å²) in [5.74, 6) is 0.651. The van der Waals surface area contributed by atoms with Crippen LogP contribution in [0.3, 0.4) is 0 Å². The molecule has 0 radical (unpaired) electrons. The second-order valence-corrected chi connectivity index (χ2v) is 7.25. The van der Waals surface area contributed by atoms with Gasteiger partial charge in [0.1, 0.15) is 17.6 Å². The van der Waals surface area contributed by atoms with Gasteiger partial charge in [-0.2, -0.15) is 5.26 Å². The van der Waals surface area contributed by atoms with Crippen LogP contribution in [0.5, 0.6) is 5.75 Å². The van der Waals surface area contributed by atoms with E-state index in [0.717, 1.165) is 22.2 Å². The van der Waals surface area contributed by atoms with Crippen LogP contribution in [0.25, 0.3) is 22.7 Å². The normalized spacial score (nSPS) is 11.7. The highest BCUT2D eigenvalue weighted by Crippen LogP contribution is 2.34. The summed E-state index contributed by atoms with van der Waals surface area (Å²) in [6.45, 7) is 4.08. The molecule has 6 heteroatoms. The maximum Gasteiger partial charge on any atom is 0.149 e. The largest absolute Gasteiger partial charge is 0.506 e. The number of nitrogens with zero attached hydrogens (tertiary/aromatic N) is 2. The summed E-state index contributed by atoms with van der Waals surface area (Å²) in [5, 5.41) is 19.3. The third kappa shape index (κ3) is 3.10. The van der Waals surface area contributed by atoms with Crippen LogP contribution in [0.4, 0.5) is 0 Å². The second-order valence-electron chi connectivity index (χ2n) is 5.54. The van der Waals surface area contributed by atoms with Crippen molar-refractivity contribution >= 4 is 54.5 Å². The van der Waals surface area contributed by atoms with Gasteiger partial charge in [0.2, 0.25) is 0 Å². The average molecular weight is 447 g/mol. The highest BCUT2D eigenvalue weighted by Gasteiger charge is 2.11. The molecule has 3 rings (SSSR count). The van der Waals surface area contributed by atoms with Crippen LogP contribution in [-0.2, 0) is 0 Å². The molecule has 120 valence electrons. The number of allylic oxidation sites excluding steroid dienone is 1. The first-order valence-electron chi connectivity index (χ1n) is 7.16. The van der Waals surface area contributed by atoms with Gasteiger partial charge in [-0.15, -0.1) is 0 Å². The van der Waals surface area contributed by atoms with E-state index in [1.54, 1.807) is 18.2 Å². The average Bonchev–Trinajstić information content (AvgIpc) is 2.93. The summed E-state index contributed by atoms with van der Waals surface area (Å²) in [6.07, 6.45) is 1.73. The highest BCUT2D eigenvalue weighted by atomic mass is 79.9.